The van der Waals surface area contributed by atoms with Crippen LogP contribution in [0.5, 0.6) is 0 Å². The zero-order valence-corrected chi connectivity index (χ0v) is 7.76. The lowest BCUT2D eigenvalue weighted by molar-refractivity contribution is 0.620. The number of hydrogen-bond donors (Lipinski definition) is 1. The monoisotopic (exact) mass is 204 g/mol. The first-order chi connectivity index (χ1) is 4.72. The molecule has 0 aromatic heterocycles. The Kier molecular flexibility index (Phi) is 5.66. The van der Waals surface area contributed by atoms with Gasteiger partial charge in [0, 0.05) is 4.83 Å². The van der Waals surface area contributed by atoms with Gasteiger partial charge in [-0.2, -0.15) is 5.26 Å². The molecule has 0 aromatic rings. The number of nitrogens with zero attached hydrogens (tertiary/aromatic N) is 1. The van der Waals surface area contributed by atoms with Gasteiger partial charge in [0.1, 0.15) is 0 Å². The highest BCUT2D eigenvalue weighted by Crippen LogP contribution is 2.16. The predicted molar refractivity (Wildman–Crippen MR) is 45.8 cm³/mol. The lowest BCUT2D eigenvalue weighted by Crippen LogP contribution is -2.11. The first kappa shape index (κ1) is 9.93. The van der Waals surface area contributed by atoms with Crippen LogP contribution >= 0.6 is 15.9 Å². The van der Waals surface area contributed by atoms with Gasteiger partial charge in [0.2, 0.25) is 0 Å². The minimum absolute atomic E-state index is 0.0894. The lowest BCUT2D eigenvalue weighted by atomic mass is 10.1. The highest BCUT2D eigenvalue weighted by Gasteiger charge is 2.11. The van der Waals surface area contributed by atoms with E-state index >= 15 is 0 Å². The van der Waals surface area contributed by atoms with Crippen LogP contribution < -0.4 is 5.73 Å². The van der Waals surface area contributed by atoms with E-state index in [9.17, 15) is 0 Å². The van der Waals surface area contributed by atoms with Crippen LogP contribution in [0.25, 0.3) is 0 Å². The Bertz CT molecular complexity index is 119. The second-order valence-corrected chi connectivity index (χ2v) is 3.54. The number of alkyl halides is 1. The molecule has 58 valence electrons. The summed E-state index contributed by atoms with van der Waals surface area (Å²) in [5.41, 5.74) is 5.31. The maximum Gasteiger partial charge on any atom is 0.0664 e. The van der Waals surface area contributed by atoms with E-state index in [-0.39, 0.29) is 5.92 Å². The summed E-state index contributed by atoms with van der Waals surface area (Å²) in [7, 11) is 0. The number of nitrogens with two attached hydrogens (primary N) is 1. The van der Waals surface area contributed by atoms with Crippen molar-refractivity contribution in [2.24, 2.45) is 11.7 Å². The molecule has 0 saturated heterocycles. The van der Waals surface area contributed by atoms with Gasteiger partial charge < -0.3 is 5.73 Å². The van der Waals surface area contributed by atoms with E-state index in [0.717, 1.165) is 12.8 Å². The molecule has 10 heavy (non-hydrogen) atoms. The Labute approximate surface area is 70.5 Å². The van der Waals surface area contributed by atoms with E-state index in [0.29, 0.717) is 11.4 Å². The van der Waals surface area contributed by atoms with Crippen LogP contribution in [0.1, 0.15) is 19.8 Å². The molecule has 0 spiro atoms. The fourth-order valence-electron chi connectivity index (χ4n) is 0.644. The first-order valence-electron chi connectivity index (χ1n) is 3.46. The van der Waals surface area contributed by atoms with E-state index in [4.69, 9.17) is 11.0 Å². The van der Waals surface area contributed by atoms with E-state index in [2.05, 4.69) is 22.0 Å². The molecule has 0 heterocycles. The van der Waals surface area contributed by atoms with Gasteiger partial charge >= 0.3 is 0 Å². The topological polar surface area (TPSA) is 49.8 Å². The standard InChI is InChI=1S/C7H13BrN2/c1-6(5-10)7(8)3-2-4-9/h6-7H,2-4,9H2,1H3. The van der Waals surface area contributed by atoms with Crippen LogP contribution in [0.15, 0.2) is 0 Å². The van der Waals surface area contributed by atoms with Gasteiger partial charge in [-0.15, -0.1) is 0 Å². The molecule has 0 aliphatic heterocycles. The Morgan fingerprint density at radius 2 is 2.30 bits per heavy atom. The second-order valence-electron chi connectivity index (χ2n) is 2.36. The van der Waals surface area contributed by atoms with Gasteiger partial charge in [-0.3, -0.25) is 0 Å². The Hall–Kier alpha value is -0.0700. The van der Waals surface area contributed by atoms with Crippen LogP contribution in [-0.2, 0) is 0 Å². The number of rotatable bonds is 4. The summed E-state index contributed by atoms with van der Waals surface area (Å²) in [6, 6.07) is 2.19. The second kappa shape index (κ2) is 5.70. The van der Waals surface area contributed by atoms with Crippen molar-refractivity contribution in [3.63, 3.8) is 0 Å². The lowest BCUT2D eigenvalue weighted by Gasteiger charge is -2.09. The molecule has 2 atom stereocenters. The van der Waals surface area contributed by atoms with Crippen molar-refractivity contribution in [3.8, 4) is 6.07 Å². The van der Waals surface area contributed by atoms with Crippen molar-refractivity contribution < 1.29 is 0 Å². The number of hydrogen-bond acceptors (Lipinski definition) is 2. The minimum atomic E-state index is 0.0894. The molecule has 0 aromatic carbocycles. The summed E-state index contributed by atoms with van der Waals surface area (Å²) in [6.45, 7) is 2.62. The van der Waals surface area contributed by atoms with E-state index < -0.39 is 0 Å². The van der Waals surface area contributed by atoms with E-state index in [1.54, 1.807) is 0 Å². The van der Waals surface area contributed by atoms with Crippen molar-refractivity contribution in [2.75, 3.05) is 6.54 Å². The van der Waals surface area contributed by atoms with Gasteiger partial charge in [-0.05, 0) is 26.3 Å². The molecule has 0 radical (unpaired) electrons. The smallest absolute Gasteiger partial charge is 0.0664 e. The van der Waals surface area contributed by atoms with Gasteiger partial charge in [0.15, 0.2) is 0 Å². The molecule has 3 heteroatoms. The highest BCUT2D eigenvalue weighted by molar-refractivity contribution is 9.09. The van der Waals surface area contributed by atoms with Crippen LogP contribution in [0.2, 0.25) is 0 Å². The summed E-state index contributed by atoms with van der Waals surface area (Å²) >= 11 is 3.43. The van der Waals surface area contributed by atoms with E-state index in [1.165, 1.54) is 0 Å². The first-order valence-corrected chi connectivity index (χ1v) is 4.37. The average molecular weight is 205 g/mol. The molecule has 0 amide bonds. The van der Waals surface area contributed by atoms with Crippen molar-refractivity contribution in [1.82, 2.24) is 0 Å². The molecule has 0 saturated carbocycles. The zero-order valence-electron chi connectivity index (χ0n) is 6.18. The predicted octanol–water partition coefficient (Wildman–Crippen LogP) is 1.65. The molecule has 0 fully saturated rings. The molecule has 0 aliphatic carbocycles. The molecule has 2 unspecified atom stereocenters. The maximum absolute atomic E-state index is 8.49. The minimum Gasteiger partial charge on any atom is -0.330 e. The van der Waals surface area contributed by atoms with Crippen LogP contribution in [-0.4, -0.2) is 11.4 Å². The van der Waals surface area contributed by atoms with E-state index in [1.807, 2.05) is 6.92 Å². The van der Waals surface area contributed by atoms with Gasteiger partial charge in [-0.1, -0.05) is 15.9 Å². The average Bonchev–Trinajstić information content (AvgIpc) is 1.98. The fourth-order valence-corrected chi connectivity index (χ4v) is 1.09. The van der Waals surface area contributed by atoms with Crippen LogP contribution in [0.3, 0.4) is 0 Å². The summed E-state index contributed by atoms with van der Waals surface area (Å²) in [5, 5.41) is 8.49. The van der Waals surface area contributed by atoms with Crippen molar-refractivity contribution >= 4 is 15.9 Å². The Morgan fingerprint density at radius 3 is 2.70 bits per heavy atom. The Morgan fingerprint density at radius 1 is 1.70 bits per heavy atom. The fraction of sp³-hybridized carbons (Fsp3) is 0.857. The Balaban J connectivity index is 3.43. The third-order valence-corrected chi connectivity index (χ3v) is 2.68. The van der Waals surface area contributed by atoms with Crippen molar-refractivity contribution in [2.45, 2.75) is 24.6 Å². The summed E-state index contributed by atoms with van der Waals surface area (Å²) < 4.78 is 0. The number of nitriles is 1. The normalized spacial score (nSPS) is 15.8. The maximum atomic E-state index is 8.49. The molecule has 0 bridgehead atoms. The molecular formula is C7H13BrN2. The summed E-state index contributed by atoms with van der Waals surface area (Å²) in [5.74, 6) is 0.0894. The third kappa shape index (κ3) is 3.86. The molecule has 2 N–H and O–H groups in total. The van der Waals surface area contributed by atoms with Crippen LogP contribution in [0, 0.1) is 17.2 Å². The molecule has 0 aliphatic rings. The zero-order chi connectivity index (χ0) is 7.98. The molecular weight excluding hydrogens is 192 g/mol. The molecule has 2 nitrogen and oxygen atoms in total. The van der Waals surface area contributed by atoms with Gasteiger partial charge in [-0.25, -0.2) is 0 Å². The highest BCUT2D eigenvalue weighted by atomic mass is 79.9. The van der Waals surface area contributed by atoms with Crippen molar-refractivity contribution in [3.05, 3.63) is 0 Å². The molecule has 0 rings (SSSR count). The van der Waals surface area contributed by atoms with Crippen molar-refractivity contribution in [1.29, 1.82) is 5.26 Å². The number of halogens is 1. The van der Waals surface area contributed by atoms with Crippen LogP contribution in [0.4, 0.5) is 0 Å². The SMILES string of the molecule is CC(C#N)C(Br)CCCN. The quantitative estimate of drug-likeness (QED) is 0.709. The van der Waals surface area contributed by atoms with Gasteiger partial charge in [0.05, 0.1) is 12.0 Å². The third-order valence-electron chi connectivity index (χ3n) is 1.43. The largest absolute Gasteiger partial charge is 0.330 e. The summed E-state index contributed by atoms with van der Waals surface area (Å²) in [6.07, 6.45) is 1.98. The van der Waals surface area contributed by atoms with Gasteiger partial charge in [0.25, 0.3) is 0 Å². The summed E-state index contributed by atoms with van der Waals surface area (Å²) in [4.78, 5) is 0.307.